The first-order valence-electron chi connectivity index (χ1n) is 10.9. The van der Waals surface area contributed by atoms with E-state index in [2.05, 4.69) is 53.7 Å². The highest BCUT2D eigenvalue weighted by Crippen LogP contribution is 2.13. The molecular formula is C26H32N4O2. The lowest BCUT2D eigenvalue weighted by Crippen LogP contribution is -2.25. The number of amides is 1. The van der Waals surface area contributed by atoms with E-state index in [-0.39, 0.29) is 5.91 Å². The molecule has 0 bridgehead atoms. The number of nitrogens with zero attached hydrogens (tertiary/aromatic N) is 1. The number of nitrogen functional groups attached to an aromatic ring is 1. The van der Waals surface area contributed by atoms with Crippen molar-refractivity contribution in [2.75, 3.05) is 18.8 Å². The average Bonchev–Trinajstić information content (AvgIpc) is 2.78. The van der Waals surface area contributed by atoms with Crippen LogP contribution in [0.15, 0.2) is 60.8 Å². The molecule has 1 atom stereocenters. The molecule has 3 rings (SSSR count). The number of aromatic nitrogens is 1. The molecule has 1 amide bonds. The van der Waals surface area contributed by atoms with E-state index < -0.39 is 6.10 Å². The van der Waals surface area contributed by atoms with Crippen molar-refractivity contribution in [1.29, 1.82) is 0 Å². The minimum atomic E-state index is -0.629. The van der Waals surface area contributed by atoms with Gasteiger partial charge in [0.2, 0.25) is 5.91 Å². The number of hydrogen-bond donors (Lipinski definition) is 4. The van der Waals surface area contributed by atoms with Gasteiger partial charge in [0.05, 0.1) is 12.5 Å². The van der Waals surface area contributed by atoms with Gasteiger partial charge in [-0.15, -0.1) is 0 Å². The first-order chi connectivity index (χ1) is 15.4. The van der Waals surface area contributed by atoms with Crippen LogP contribution in [0.1, 0.15) is 39.5 Å². The summed E-state index contributed by atoms with van der Waals surface area (Å²) in [4.78, 5) is 16.4. The predicted octanol–water partition coefficient (Wildman–Crippen LogP) is 3.01. The maximum absolute atomic E-state index is 12.4. The van der Waals surface area contributed by atoms with Gasteiger partial charge in [0.1, 0.15) is 5.82 Å². The second-order valence-electron chi connectivity index (χ2n) is 8.12. The molecule has 3 aromatic rings. The molecule has 0 saturated carbocycles. The fraction of sp³-hybridized carbons (Fsp3) is 0.308. The predicted molar refractivity (Wildman–Crippen MR) is 128 cm³/mol. The number of carbonyl (C=O) groups is 1. The Morgan fingerprint density at radius 1 is 1.09 bits per heavy atom. The highest BCUT2D eigenvalue weighted by atomic mass is 16.3. The van der Waals surface area contributed by atoms with Gasteiger partial charge >= 0.3 is 0 Å². The fourth-order valence-electron chi connectivity index (χ4n) is 3.54. The number of anilines is 1. The van der Waals surface area contributed by atoms with Crippen molar-refractivity contribution in [1.82, 2.24) is 15.6 Å². The Labute approximate surface area is 189 Å². The number of rotatable bonds is 10. The van der Waals surface area contributed by atoms with Crippen LogP contribution in [-0.2, 0) is 24.2 Å². The van der Waals surface area contributed by atoms with Gasteiger partial charge in [-0.3, -0.25) is 4.79 Å². The van der Waals surface area contributed by atoms with Gasteiger partial charge in [0.25, 0.3) is 0 Å². The third-order valence-electron chi connectivity index (χ3n) is 5.67. The SMILES string of the molecule is Cc1cccc(CNC(=O)Cc2cccc(CCNCC(O)c3ccc(N)nc3)c2)c1C. The zero-order chi connectivity index (χ0) is 22.9. The lowest BCUT2D eigenvalue weighted by molar-refractivity contribution is -0.120. The standard InChI is InChI=1S/C26H32N4O2/c1-18-5-3-8-22(19(18)2)15-30-26(32)14-21-7-4-6-20(13-21)11-12-28-17-24(31)23-9-10-25(27)29-16-23/h3-10,13,16,24,28,31H,11-12,14-15,17H2,1-2H3,(H2,27,29)(H,30,32). The van der Waals surface area contributed by atoms with Crippen LogP contribution in [-0.4, -0.2) is 29.1 Å². The molecule has 5 N–H and O–H groups in total. The lowest BCUT2D eigenvalue weighted by atomic mass is 10.0. The molecule has 0 aliphatic heterocycles. The van der Waals surface area contributed by atoms with Crippen molar-refractivity contribution in [3.8, 4) is 0 Å². The minimum Gasteiger partial charge on any atom is -0.387 e. The Kier molecular flexibility index (Phi) is 8.36. The monoisotopic (exact) mass is 432 g/mol. The Balaban J connectivity index is 1.43. The third kappa shape index (κ3) is 6.90. The minimum absolute atomic E-state index is 0.0152. The van der Waals surface area contributed by atoms with Crippen molar-refractivity contribution in [2.45, 2.75) is 39.3 Å². The number of aliphatic hydroxyl groups excluding tert-OH is 1. The molecule has 2 aromatic carbocycles. The summed E-state index contributed by atoms with van der Waals surface area (Å²) in [7, 11) is 0. The Bertz CT molecular complexity index is 1030. The van der Waals surface area contributed by atoms with E-state index in [9.17, 15) is 9.90 Å². The van der Waals surface area contributed by atoms with E-state index >= 15 is 0 Å². The molecule has 0 radical (unpaired) electrons. The lowest BCUT2D eigenvalue weighted by Gasteiger charge is -2.12. The molecule has 6 nitrogen and oxygen atoms in total. The fourth-order valence-corrected chi connectivity index (χ4v) is 3.54. The smallest absolute Gasteiger partial charge is 0.224 e. The summed E-state index contributed by atoms with van der Waals surface area (Å²) in [5, 5.41) is 16.5. The maximum Gasteiger partial charge on any atom is 0.224 e. The van der Waals surface area contributed by atoms with E-state index in [1.165, 1.54) is 11.1 Å². The largest absolute Gasteiger partial charge is 0.387 e. The van der Waals surface area contributed by atoms with E-state index in [4.69, 9.17) is 5.73 Å². The van der Waals surface area contributed by atoms with E-state index in [1.54, 1.807) is 18.3 Å². The molecule has 0 aliphatic carbocycles. The Morgan fingerprint density at radius 3 is 2.66 bits per heavy atom. The molecule has 1 heterocycles. The summed E-state index contributed by atoms with van der Waals surface area (Å²) in [6, 6.07) is 17.7. The average molecular weight is 433 g/mol. The molecule has 0 spiro atoms. The molecule has 168 valence electrons. The summed E-state index contributed by atoms with van der Waals surface area (Å²) in [6.07, 6.45) is 2.13. The van der Waals surface area contributed by atoms with Gasteiger partial charge in [-0.25, -0.2) is 4.98 Å². The van der Waals surface area contributed by atoms with Gasteiger partial charge in [0.15, 0.2) is 0 Å². The van der Waals surface area contributed by atoms with Crippen LogP contribution >= 0.6 is 0 Å². The second kappa shape index (κ2) is 11.4. The third-order valence-corrected chi connectivity index (χ3v) is 5.67. The molecule has 6 heteroatoms. The molecule has 1 unspecified atom stereocenters. The van der Waals surface area contributed by atoms with Crippen LogP contribution in [0.2, 0.25) is 0 Å². The number of benzene rings is 2. The maximum atomic E-state index is 12.4. The van der Waals surface area contributed by atoms with Crippen LogP contribution in [0.3, 0.4) is 0 Å². The normalized spacial score (nSPS) is 11.8. The zero-order valence-corrected chi connectivity index (χ0v) is 18.8. The highest BCUT2D eigenvalue weighted by Gasteiger charge is 2.08. The van der Waals surface area contributed by atoms with Crippen molar-refractivity contribution in [3.05, 3.63) is 94.2 Å². The van der Waals surface area contributed by atoms with Crippen LogP contribution in [0, 0.1) is 13.8 Å². The van der Waals surface area contributed by atoms with E-state index in [0.717, 1.165) is 35.2 Å². The van der Waals surface area contributed by atoms with Gasteiger partial charge in [-0.05, 0) is 60.7 Å². The van der Waals surface area contributed by atoms with Crippen LogP contribution in [0.25, 0.3) is 0 Å². The molecule has 32 heavy (non-hydrogen) atoms. The number of aryl methyl sites for hydroxylation is 1. The summed E-state index contributed by atoms with van der Waals surface area (Å²) in [5.74, 6) is 0.453. The van der Waals surface area contributed by atoms with E-state index in [1.807, 2.05) is 18.2 Å². The summed E-state index contributed by atoms with van der Waals surface area (Å²) in [5.41, 5.74) is 12.1. The Morgan fingerprint density at radius 2 is 1.88 bits per heavy atom. The molecule has 0 aliphatic rings. The number of nitrogens with one attached hydrogen (secondary N) is 2. The molecule has 1 aromatic heterocycles. The number of aliphatic hydroxyl groups is 1. The van der Waals surface area contributed by atoms with Crippen molar-refractivity contribution >= 4 is 11.7 Å². The van der Waals surface area contributed by atoms with Crippen molar-refractivity contribution in [3.63, 3.8) is 0 Å². The van der Waals surface area contributed by atoms with Gasteiger partial charge in [-0.1, -0.05) is 48.5 Å². The molecule has 0 saturated heterocycles. The Hall–Kier alpha value is -3.22. The van der Waals surface area contributed by atoms with Crippen molar-refractivity contribution in [2.24, 2.45) is 0 Å². The highest BCUT2D eigenvalue weighted by molar-refractivity contribution is 5.78. The summed E-state index contributed by atoms with van der Waals surface area (Å²) < 4.78 is 0. The molecule has 0 fully saturated rings. The zero-order valence-electron chi connectivity index (χ0n) is 18.8. The van der Waals surface area contributed by atoms with Crippen LogP contribution in [0.5, 0.6) is 0 Å². The molecular weight excluding hydrogens is 400 g/mol. The van der Waals surface area contributed by atoms with Gasteiger partial charge in [-0.2, -0.15) is 0 Å². The topological polar surface area (TPSA) is 100 Å². The first-order valence-corrected chi connectivity index (χ1v) is 10.9. The first kappa shape index (κ1) is 23.4. The van der Waals surface area contributed by atoms with Crippen molar-refractivity contribution < 1.29 is 9.90 Å². The number of nitrogens with two attached hydrogens (primary N) is 1. The summed E-state index contributed by atoms with van der Waals surface area (Å²) in [6.45, 7) is 5.87. The number of carbonyl (C=O) groups excluding carboxylic acids is 1. The van der Waals surface area contributed by atoms with Crippen LogP contribution in [0.4, 0.5) is 5.82 Å². The van der Waals surface area contributed by atoms with Gasteiger partial charge in [0, 0.05) is 24.8 Å². The number of pyridine rings is 1. The van der Waals surface area contributed by atoms with Gasteiger partial charge < -0.3 is 21.5 Å². The second-order valence-corrected chi connectivity index (χ2v) is 8.12. The summed E-state index contributed by atoms with van der Waals surface area (Å²) >= 11 is 0. The quantitative estimate of drug-likeness (QED) is 0.369. The van der Waals surface area contributed by atoms with E-state index in [0.29, 0.717) is 25.3 Å². The number of hydrogen-bond acceptors (Lipinski definition) is 5. The van der Waals surface area contributed by atoms with Crippen LogP contribution < -0.4 is 16.4 Å².